The van der Waals surface area contributed by atoms with Crippen LogP contribution in [0.4, 0.5) is 4.39 Å². The van der Waals surface area contributed by atoms with E-state index in [-0.39, 0.29) is 5.82 Å². The fraction of sp³-hybridized carbons (Fsp3) is 0.600. The minimum absolute atomic E-state index is 0.0799. The molecule has 0 nitrogen and oxygen atoms in total. The van der Waals surface area contributed by atoms with Crippen LogP contribution in [-0.4, -0.2) is 4.83 Å². The number of hydrogen-bond acceptors (Lipinski definition) is 0. The molecule has 0 aliphatic rings. The fourth-order valence-corrected chi connectivity index (χ4v) is 3.17. The van der Waals surface area contributed by atoms with Crippen molar-refractivity contribution < 1.29 is 4.39 Å². The molecule has 0 N–H and O–H groups in total. The second-order valence-corrected chi connectivity index (χ2v) is 5.83. The lowest BCUT2D eigenvalue weighted by Crippen LogP contribution is -2.17. The lowest BCUT2D eigenvalue weighted by molar-refractivity contribution is 0.424. The summed E-state index contributed by atoms with van der Waals surface area (Å²) in [5.41, 5.74) is 0.826. The van der Waals surface area contributed by atoms with Gasteiger partial charge >= 0.3 is 0 Å². The Hall–Kier alpha value is -0.370. The highest BCUT2D eigenvalue weighted by molar-refractivity contribution is 9.09. The lowest BCUT2D eigenvalue weighted by atomic mass is 9.91. The predicted molar refractivity (Wildman–Crippen MR) is 76.1 cm³/mol. The van der Waals surface area contributed by atoms with Crippen molar-refractivity contribution in [1.82, 2.24) is 0 Å². The first-order chi connectivity index (χ1) is 8.19. The van der Waals surface area contributed by atoms with Gasteiger partial charge in [0, 0.05) is 4.83 Å². The van der Waals surface area contributed by atoms with Crippen molar-refractivity contribution in [2.75, 3.05) is 0 Å². The number of alkyl halides is 1. The maximum Gasteiger partial charge on any atom is 0.126 e. The van der Waals surface area contributed by atoms with Gasteiger partial charge in [0.05, 0.1) is 0 Å². The van der Waals surface area contributed by atoms with Crippen LogP contribution >= 0.6 is 15.9 Å². The molecule has 0 radical (unpaired) electrons. The van der Waals surface area contributed by atoms with E-state index in [9.17, 15) is 4.39 Å². The predicted octanol–water partition coefficient (Wildman–Crippen LogP) is 5.35. The van der Waals surface area contributed by atoms with E-state index >= 15 is 0 Å². The van der Waals surface area contributed by atoms with Gasteiger partial charge in [0.15, 0.2) is 0 Å². The van der Waals surface area contributed by atoms with Crippen molar-refractivity contribution in [1.29, 1.82) is 0 Å². The van der Waals surface area contributed by atoms with Crippen LogP contribution in [0.3, 0.4) is 0 Å². The molecule has 0 amide bonds. The minimum atomic E-state index is -0.0799. The molecule has 0 heterocycles. The van der Waals surface area contributed by atoms with E-state index in [4.69, 9.17) is 0 Å². The van der Waals surface area contributed by atoms with Gasteiger partial charge in [-0.1, -0.05) is 60.8 Å². The van der Waals surface area contributed by atoms with E-state index in [0.29, 0.717) is 10.7 Å². The summed E-state index contributed by atoms with van der Waals surface area (Å²) in [7, 11) is 0. The van der Waals surface area contributed by atoms with Crippen LogP contribution in [0.1, 0.15) is 45.1 Å². The molecule has 0 aliphatic carbocycles. The third-order valence-electron chi connectivity index (χ3n) is 3.20. The molecule has 1 atom stereocenters. The van der Waals surface area contributed by atoms with Crippen molar-refractivity contribution in [2.45, 2.75) is 50.8 Å². The highest BCUT2D eigenvalue weighted by Gasteiger charge is 2.18. The van der Waals surface area contributed by atoms with E-state index in [0.717, 1.165) is 12.0 Å². The first-order valence-corrected chi connectivity index (χ1v) is 7.48. The Morgan fingerprint density at radius 1 is 1.12 bits per heavy atom. The molecule has 2 heteroatoms. The second-order valence-electron chi connectivity index (χ2n) is 4.65. The molecule has 0 fully saturated rings. The van der Waals surface area contributed by atoms with Crippen LogP contribution < -0.4 is 0 Å². The van der Waals surface area contributed by atoms with Gasteiger partial charge < -0.3 is 0 Å². The van der Waals surface area contributed by atoms with Crippen molar-refractivity contribution in [3.8, 4) is 0 Å². The molecular weight excluding hydrogens is 279 g/mol. The van der Waals surface area contributed by atoms with E-state index in [1.165, 1.54) is 25.7 Å². The summed E-state index contributed by atoms with van der Waals surface area (Å²) < 4.78 is 13.6. The van der Waals surface area contributed by atoms with Gasteiger partial charge in [-0.2, -0.15) is 0 Å². The first-order valence-electron chi connectivity index (χ1n) is 6.56. The maximum atomic E-state index is 13.6. The summed E-state index contributed by atoms with van der Waals surface area (Å²) in [6, 6.07) is 7.09. The average molecular weight is 301 g/mol. The molecule has 0 spiro atoms. The van der Waals surface area contributed by atoms with Gasteiger partial charge in [0.25, 0.3) is 0 Å². The summed E-state index contributed by atoms with van der Waals surface area (Å²) in [6.45, 7) is 4.43. The molecular formula is C15H22BrF. The molecule has 1 unspecified atom stereocenters. The van der Waals surface area contributed by atoms with Crippen LogP contribution in [0.25, 0.3) is 0 Å². The van der Waals surface area contributed by atoms with Crippen LogP contribution in [0.15, 0.2) is 24.3 Å². The third kappa shape index (κ3) is 4.79. The van der Waals surface area contributed by atoms with E-state index in [2.05, 4.69) is 29.8 Å². The highest BCUT2D eigenvalue weighted by atomic mass is 79.9. The largest absolute Gasteiger partial charge is 0.207 e. The van der Waals surface area contributed by atoms with Crippen LogP contribution in [0.2, 0.25) is 0 Å². The molecule has 0 saturated carbocycles. The standard InChI is InChI=1S/C15H22BrF/c1-3-7-12(8-4-2)14(16)11-13-9-5-6-10-15(13)17/h5-6,9-10,12,14H,3-4,7-8,11H2,1-2H3. The Balaban J connectivity index is 2.62. The Bertz CT molecular complexity index is 318. The summed E-state index contributed by atoms with van der Waals surface area (Å²) in [5.74, 6) is 0.577. The van der Waals surface area contributed by atoms with E-state index in [1.54, 1.807) is 12.1 Å². The van der Waals surface area contributed by atoms with Gasteiger partial charge in [-0.05, 0) is 36.8 Å². The highest BCUT2D eigenvalue weighted by Crippen LogP contribution is 2.27. The zero-order valence-electron chi connectivity index (χ0n) is 10.8. The topological polar surface area (TPSA) is 0 Å². The first kappa shape index (κ1) is 14.7. The Labute approximate surface area is 113 Å². The van der Waals surface area contributed by atoms with Crippen LogP contribution in [0, 0.1) is 11.7 Å². The maximum absolute atomic E-state index is 13.6. The average Bonchev–Trinajstić information content (AvgIpc) is 2.32. The fourth-order valence-electron chi connectivity index (χ4n) is 2.29. The Morgan fingerprint density at radius 3 is 2.24 bits per heavy atom. The smallest absolute Gasteiger partial charge is 0.126 e. The van der Waals surface area contributed by atoms with Crippen LogP contribution in [-0.2, 0) is 6.42 Å². The zero-order chi connectivity index (χ0) is 12.7. The third-order valence-corrected chi connectivity index (χ3v) is 4.27. The number of halogens is 2. The molecule has 0 saturated heterocycles. The quantitative estimate of drug-likeness (QED) is 0.596. The summed E-state index contributed by atoms with van der Waals surface area (Å²) in [6.07, 6.45) is 5.63. The molecule has 0 aliphatic heterocycles. The van der Waals surface area contributed by atoms with E-state index in [1.807, 2.05) is 12.1 Å². The zero-order valence-corrected chi connectivity index (χ0v) is 12.3. The van der Waals surface area contributed by atoms with Gasteiger partial charge in [0.1, 0.15) is 5.82 Å². The number of benzene rings is 1. The van der Waals surface area contributed by atoms with Gasteiger partial charge in [-0.15, -0.1) is 0 Å². The molecule has 96 valence electrons. The minimum Gasteiger partial charge on any atom is -0.207 e. The van der Waals surface area contributed by atoms with E-state index < -0.39 is 0 Å². The van der Waals surface area contributed by atoms with Crippen molar-refractivity contribution >= 4 is 15.9 Å². The normalized spacial score (nSPS) is 13.0. The molecule has 0 bridgehead atoms. The molecule has 1 aromatic rings. The summed E-state index contributed by atoms with van der Waals surface area (Å²) in [4.78, 5) is 0.388. The number of rotatable bonds is 7. The van der Waals surface area contributed by atoms with Gasteiger partial charge in [0.2, 0.25) is 0 Å². The van der Waals surface area contributed by atoms with Gasteiger partial charge in [-0.3, -0.25) is 0 Å². The van der Waals surface area contributed by atoms with Crippen molar-refractivity contribution in [3.63, 3.8) is 0 Å². The molecule has 0 aromatic heterocycles. The van der Waals surface area contributed by atoms with Gasteiger partial charge in [-0.25, -0.2) is 4.39 Å². The summed E-state index contributed by atoms with van der Waals surface area (Å²) >= 11 is 3.75. The molecule has 17 heavy (non-hydrogen) atoms. The SMILES string of the molecule is CCCC(CCC)C(Br)Cc1ccccc1F. The van der Waals surface area contributed by atoms with Crippen molar-refractivity contribution in [2.24, 2.45) is 5.92 Å². The van der Waals surface area contributed by atoms with Crippen molar-refractivity contribution in [3.05, 3.63) is 35.6 Å². The Morgan fingerprint density at radius 2 is 1.71 bits per heavy atom. The monoisotopic (exact) mass is 300 g/mol. The second kappa shape index (κ2) is 7.86. The lowest BCUT2D eigenvalue weighted by Gasteiger charge is -2.22. The van der Waals surface area contributed by atoms with Crippen LogP contribution in [0.5, 0.6) is 0 Å². The summed E-state index contributed by atoms with van der Waals surface area (Å²) in [5, 5.41) is 0. The molecule has 1 aromatic carbocycles. The number of hydrogen-bond donors (Lipinski definition) is 0. The molecule has 1 rings (SSSR count). The Kier molecular flexibility index (Phi) is 6.79.